The van der Waals surface area contributed by atoms with Gasteiger partial charge in [0.15, 0.2) is 5.65 Å². The Morgan fingerprint density at radius 2 is 1.82 bits per heavy atom. The Bertz CT molecular complexity index is 1100. The van der Waals surface area contributed by atoms with Gasteiger partial charge in [0.25, 0.3) is 0 Å². The molecule has 3 aromatic rings. The van der Waals surface area contributed by atoms with Gasteiger partial charge in [-0.1, -0.05) is 6.07 Å². The average Bonchev–Trinajstić information content (AvgIpc) is 3.25. The van der Waals surface area contributed by atoms with E-state index in [1.54, 1.807) is 18.6 Å². The Morgan fingerprint density at radius 1 is 1.03 bits per heavy atom. The molecule has 0 spiro atoms. The van der Waals surface area contributed by atoms with Crippen molar-refractivity contribution in [3.63, 3.8) is 0 Å². The average molecular weight is 449 g/mol. The summed E-state index contributed by atoms with van der Waals surface area (Å²) in [4.78, 5) is 25.0. The lowest BCUT2D eigenvalue weighted by molar-refractivity contribution is -0.109. The predicted molar refractivity (Wildman–Crippen MR) is 130 cm³/mol. The van der Waals surface area contributed by atoms with Crippen LogP contribution in [0, 0.1) is 12.3 Å². The number of hydrogen-bond donors (Lipinski definition) is 0. The molecule has 0 saturated carbocycles. The van der Waals surface area contributed by atoms with E-state index < -0.39 is 0 Å². The Kier molecular flexibility index (Phi) is 6.47. The number of likely N-dealkylation sites (tertiary alicyclic amines) is 1. The van der Waals surface area contributed by atoms with Crippen molar-refractivity contribution in [2.24, 2.45) is 5.41 Å². The normalized spacial score (nSPS) is 19.9. The molecule has 0 radical (unpaired) electrons. The molecule has 0 aromatic carbocycles. The summed E-state index contributed by atoms with van der Waals surface area (Å²) in [5.41, 5.74) is 3.28. The van der Waals surface area contributed by atoms with Gasteiger partial charge in [-0.2, -0.15) is 0 Å². The van der Waals surface area contributed by atoms with Gasteiger partial charge in [-0.15, -0.1) is 0 Å². The number of fused-ring (bicyclic) bond motifs is 1. The van der Waals surface area contributed by atoms with Crippen molar-refractivity contribution in [3.05, 3.63) is 54.0 Å². The maximum atomic E-state index is 6.36. The van der Waals surface area contributed by atoms with Gasteiger partial charge in [0.2, 0.25) is 0 Å². The molecule has 3 aromatic heterocycles. The quantitative estimate of drug-likeness (QED) is 0.502. The molecule has 0 amide bonds. The van der Waals surface area contributed by atoms with Crippen LogP contribution in [0.2, 0.25) is 0 Å². The molecule has 1 fully saturated rings. The lowest BCUT2D eigenvalue weighted by Gasteiger charge is -2.45. The predicted octanol–water partition coefficient (Wildman–Crippen LogP) is 4.50. The Balaban J connectivity index is 1.59. The van der Waals surface area contributed by atoms with Gasteiger partial charge in [-0.25, -0.2) is 19.9 Å². The number of ether oxygens (including phenoxy) is 1. The van der Waals surface area contributed by atoms with Crippen LogP contribution < -0.4 is 0 Å². The van der Waals surface area contributed by atoms with Crippen LogP contribution in [-0.2, 0) is 16.7 Å². The van der Waals surface area contributed by atoms with Gasteiger partial charge in [-0.3, -0.25) is 9.88 Å². The maximum Gasteiger partial charge on any atom is 0.181 e. The van der Waals surface area contributed by atoms with E-state index in [4.69, 9.17) is 4.74 Å². The zero-order valence-corrected chi connectivity index (χ0v) is 20.8. The van der Waals surface area contributed by atoms with Gasteiger partial charge in [0.05, 0.1) is 11.8 Å². The lowest BCUT2D eigenvalue weighted by atomic mass is 9.69. The molecule has 4 heterocycles. The number of rotatable bonds is 8. The van der Waals surface area contributed by atoms with Crippen LogP contribution in [0.1, 0.15) is 64.5 Å². The van der Waals surface area contributed by atoms with E-state index >= 15 is 0 Å². The third kappa shape index (κ3) is 4.62. The molecule has 33 heavy (non-hydrogen) atoms. The van der Waals surface area contributed by atoms with Crippen molar-refractivity contribution in [3.8, 4) is 0 Å². The molecule has 0 bridgehead atoms. The van der Waals surface area contributed by atoms with Crippen LogP contribution in [0.15, 0.2) is 36.9 Å². The minimum absolute atomic E-state index is 0.0148. The highest BCUT2D eigenvalue weighted by molar-refractivity contribution is 5.67. The fourth-order valence-corrected chi connectivity index (χ4v) is 5.15. The first kappa shape index (κ1) is 23.6. The molecule has 1 saturated heterocycles. The molecular formula is C26H36N6O. The Morgan fingerprint density at radius 3 is 2.55 bits per heavy atom. The SMILES string of the molecule is CCOC(C)(C)[C@]1(CCc2ncc3nccnc3n2)CCN(C(C)(C)c2ccc(C)nc2)C1. The number of aryl methyl sites for hydroxylation is 2. The van der Waals surface area contributed by atoms with Crippen molar-refractivity contribution >= 4 is 11.2 Å². The van der Waals surface area contributed by atoms with Crippen molar-refractivity contribution in [1.29, 1.82) is 0 Å². The summed E-state index contributed by atoms with van der Waals surface area (Å²) in [6.07, 6.45) is 9.94. The number of nitrogens with zero attached hydrogens (tertiary/aromatic N) is 6. The van der Waals surface area contributed by atoms with Gasteiger partial charge in [0.1, 0.15) is 11.3 Å². The minimum Gasteiger partial charge on any atom is -0.375 e. The second-order valence-corrected chi connectivity index (χ2v) is 10.2. The molecule has 4 rings (SSSR count). The van der Waals surface area contributed by atoms with Gasteiger partial charge in [-0.05, 0) is 72.6 Å². The second-order valence-electron chi connectivity index (χ2n) is 10.2. The molecule has 0 aliphatic carbocycles. The molecule has 1 atom stereocenters. The zero-order chi connectivity index (χ0) is 23.7. The van der Waals surface area contributed by atoms with E-state index in [2.05, 4.69) is 76.6 Å². The van der Waals surface area contributed by atoms with E-state index in [0.717, 1.165) is 49.4 Å². The summed E-state index contributed by atoms with van der Waals surface area (Å²) >= 11 is 0. The summed E-state index contributed by atoms with van der Waals surface area (Å²) in [7, 11) is 0. The Labute approximate surface area is 197 Å². The van der Waals surface area contributed by atoms with Gasteiger partial charge in [0, 0.05) is 54.8 Å². The molecule has 0 unspecified atom stereocenters. The first-order valence-electron chi connectivity index (χ1n) is 11.9. The van der Waals surface area contributed by atoms with E-state index in [0.29, 0.717) is 12.3 Å². The highest BCUT2D eigenvalue weighted by atomic mass is 16.5. The van der Waals surface area contributed by atoms with Crippen molar-refractivity contribution in [2.45, 2.75) is 71.9 Å². The van der Waals surface area contributed by atoms with E-state index in [-0.39, 0.29) is 16.6 Å². The summed E-state index contributed by atoms with van der Waals surface area (Å²) in [6.45, 7) is 15.9. The van der Waals surface area contributed by atoms with E-state index in [1.165, 1.54) is 5.56 Å². The molecule has 1 aliphatic rings. The van der Waals surface area contributed by atoms with Gasteiger partial charge < -0.3 is 4.74 Å². The Hall–Kier alpha value is -2.51. The molecule has 7 nitrogen and oxygen atoms in total. The van der Waals surface area contributed by atoms with Crippen molar-refractivity contribution < 1.29 is 4.74 Å². The van der Waals surface area contributed by atoms with Gasteiger partial charge >= 0.3 is 0 Å². The standard InChI is InChI=1S/C26H36N6O/c1-7-33-25(5,6)26(11-10-22-30-17-21-23(31-22)28-14-13-27-21)12-15-32(18-26)24(3,4)20-9-8-19(2)29-16-20/h8-9,13-14,16-17H,7,10-12,15,18H2,1-6H3/t26-/m1/s1. The zero-order valence-electron chi connectivity index (χ0n) is 20.8. The molecule has 7 heteroatoms. The largest absolute Gasteiger partial charge is 0.375 e. The van der Waals surface area contributed by atoms with Crippen LogP contribution in [-0.4, -0.2) is 55.1 Å². The third-order valence-electron chi connectivity index (χ3n) is 7.65. The van der Waals surface area contributed by atoms with Crippen LogP contribution in [0.25, 0.3) is 11.2 Å². The van der Waals surface area contributed by atoms with Crippen LogP contribution in [0.5, 0.6) is 0 Å². The van der Waals surface area contributed by atoms with Crippen molar-refractivity contribution in [2.75, 3.05) is 19.7 Å². The topological polar surface area (TPSA) is 76.9 Å². The highest BCUT2D eigenvalue weighted by Crippen LogP contribution is 2.49. The highest BCUT2D eigenvalue weighted by Gasteiger charge is 2.52. The van der Waals surface area contributed by atoms with Crippen LogP contribution in [0.4, 0.5) is 0 Å². The molecule has 1 aliphatic heterocycles. The number of aromatic nitrogens is 5. The fraction of sp³-hybridized carbons (Fsp3) is 0.577. The lowest BCUT2D eigenvalue weighted by Crippen LogP contribution is -2.50. The first-order chi connectivity index (χ1) is 15.7. The first-order valence-corrected chi connectivity index (χ1v) is 11.9. The second kappa shape index (κ2) is 9.03. The van der Waals surface area contributed by atoms with E-state index in [1.807, 2.05) is 13.1 Å². The number of pyridine rings is 1. The van der Waals surface area contributed by atoms with E-state index in [9.17, 15) is 0 Å². The fourth-order valence-electron chi connectivity index (χ4n) is 5.15. The minimum atomic E-state index is -0.269. The third-order valence-corrected chi connectivity index (χ3v) is 7.65. The molecule has 0 N–H and O–H groups in total. The summed E-state index contributed by atoms with van der Waals surface area (Å²) in [6, 6.07) is 4.31. The smallest absolute Gasteiger partial charge is 0.181 e. The molecule has 176 valence electrons. The van der Waals surface area contributed by atoms with Crippen LogP contribution >= 0.6 is 0 Å². The molecular weight excluding hydrogens is 412 g/mol. The van der Waals surface area contributed by atoms with Crippen molar-refractivity contribution in [1.82, 2.24) is 29.8 Å². The number of hydrogen-bond acceptors (Lipinski definition) is 7. The maximum absolute atomic E-state index is 6.36. The summed E-state index contributed by atoms with van der Waals surface area (Å²) in [5.74, 6) is 0.815. The summed E-state index contributed by atoms with van der Waals surface area (Å²) < 4.78 is 6.36. The van der Waals surface area contributed by atoms with Crippen LogP contribution in [0.3, 0.4) is 0 Å². The monoisotopic (exact) mass is 448 g/mol. The summed E-state index contributed by atoms with van der Waals surface area (Å²) in [5, 5.41) is 0.